The zero-order valence-electron chi connectivity index (χ0n) is 39.6. The van der Waals surface area contributed by atoms with Crippen molar-refractivity contribution in [2.75, 3.05) is 0 Å². The van der Waals surface area contributed by atoms with E-state index in [2.05, 4.69) is 201 Å². The quantitative estimate of drug-likeness (QED) is 0.160. The van der Waals surface area contributed by atoms with Gasteiger partial charge in [-0.25, -0.2) is 4.98 Å². The van der Waals surface area contributed by atoms with Crippen molar-refractivity contribution >= 4 is 10.8 Å². The van der Waals surface area contributed by atoms with E-state index in [1.807, 2.05) is 55.0 Å². The van der Waals surface area contributed by atoms with Gasteiger partial charge in [-0.15, -0.1) is 0 Å². The molecule has 0 saturated heterocycles. The lowest BCUT2D eigenvalue weighted by molar-refractivity contribution is 0.661. The Bertz CT molecular complexity index is 3780. The zero-order chi connectivity index (χ0) is 47.1. The lowest BCUT2D eigenvalue weighted by Gasteiger charge is -2.27. The fraction of sp³-hybridized carbons (Fsp3) is 0.0909. The molecule has 0 N–H and O–H groups in total. The number of benzene rings is 7. The Balaban J connectivity index is 0.809. The van der Waals surface area contributed by atoms with E-state index in [0.717, 1.165) is 45.2 Å². The normalized spacial score (nSPS) is 13.7. The molecule has 0 bridgehead atoms. The molecule has 332 valence electrons. The molecule has 7 aromatic carbocycles. The van der Waals surface area contributed by atoms with Crippen LogP contribution in [0.3, 0.4) is 0 Å². The summed E-state index contributed by atoms with van der Waals surface area (Å²) >= 11 is 0. The molecule has 0 saturated carbocycles. The molecule has 2 aliphatic rings. The molecule has 70 heavy (non-hydrogen) atoms. The van der Waals surface area contributed by atoms with Crippen molar-refractivity contribution in [2.24, 2.45) is 0 Å². The Morgan fingerprint density at radius 3 is 1.20 bits per heavy atom. The molecule has 0 radical (unpaired) electrons. The Morgan fingerprint density at radius 1 is 0.271 bits per heavy atom. The minimum absolute atomic E-state index is 0.206. The van der Waals surface area contributed by atoms with Crippen molar-refractivity contribution in [1.82, 2.24) is 19.9 Å². The second kappa shape index (κ2) is 16.0. The third kappa shape index (κ3) is 6.74. The molecule has 0 aliphatic heterocycles. The first-order chi connectivity index (χ1) is 34.2. The van der Waals surface area contributed by atoms with Gasteiger partial charge in [0.15, 0.2) is 0 Å². The largest absolute Gasteiger partial charge is 0.256 e. The maximum absolute atomic E-state index is 4.99. The number of nitrogens with zero attached hydrogens (tertiary/aromatic N) is 4. The van der Waals surface area contributed by atoms with Gasteiger partial charge < -0.3 is 0 Å². The van der Waals surface area contributed by atoms with E-state index < -0.39 is 0 Å². The van der Waals surface area contributed by atoms with E-state index in [1.54, 1.807) is 0 Å². The summed E-state index contributed by atoms with van der Waals surface area (Å²) in [5.74, 6) is 0. The molecule has 13 rings (SSSR count). The molecule has 4 heterocycles. The van der Waals surface area contributed by atoms with Gasteiger partial charge in [0, 0.05) is 35.0 Å². The molecule has 0 spiro atoms. The van der Waals surface area contributed by atoms with Crippen LogP contribution in [0, 0.1) is 0 Å². The predicted octanol–water partition coefficient (Wildman–Crippen LogP) is 16.7. The topological polar surface area (TPSA) is 51.6 Å². The highest BCUT2D eigenvalue weighted by Crippen LogP contribution is 2.57. The first-order valence-corrected chi connectivity index (χ1v) is 24.2. The molecule has 11 aromatic rings. The van der Waals surface area contributed by atoms with Crippen molar-refractivity contribution in [3.05, 3.63) is 241 Å². The monoisotopic (exact) mass is 896 g/mol. The lowest BCUT2D eigenvalue weighted by Crippen LogP contribution is -2.18. The summed E-state index contributed by atoms with van der Waals surface area (Å²) in [6.07, 6.45) is 5.56. The van der Waals surface area contributed by atoms with Crippen LogP contribution in [0.4, 0.5) is 0 Å². The molecule has 4 aromatic heterocycles. The van der Waals surface area contributed by atoms with Gasteiger partial charge in [-0.05, 0) is 160 Å². The van der Waals surface area contributed by atoms with E-state index in [9.17, 15) is 0 Å². The van der Waals surface area contributed by atoms with Crippen LogP contribution in [0.1, 0.15) is 49.9 Å². The van der Waals surface area contributed by atoms with Gasteiger partial charge in [0.1, 0.15) is 0 Å². The lowest BCUT2D eigenvalue weighted by atomic mass is 9.76. The molecule has 4 heteroatoms. The van der Waals surface area contributed by atoms with E-state index >= 15 is 0 Å². The fourth-order valence-electron chi connectivity index (χ4n) is 11.5. The highest BCUT2D eigenvalue weighted by molar-refractivity contribution is 6.04. The van der Waals surface area contributed by atoms with E-state index in [1.165, 1.54) is 88.7 Å². The first kappa shape index (κ1) is 41.6. The second-order valence-corrected chi connectivity index (χ2v) is 19.8. The molecule has 2 aliphatic carbocycles. The Hall–Kier alpha value is -8.60. The summed E-state index contributed by atoms with van der Waals surface area (Å²) in [6, 6.07) is 72.4. The smallest absolute Gasteiger partial charge is 0.0900 e. The Labute approximate surface area is 409 Å². The van der Waals surface area contributed by atoms with Gasteiger partial charge >= 0.3 is 0 Å². The first-order valence-electron chi connectivity index (χ1n) is 24.2. The minimum atomic E-state index is -0.209. The maximum atomic E-state index is 4.99. The summed E-state index contributed by atoms with van der Waals surface area (Å²) in [5, 5.41) is 2.68. The maximum Gasteiger partial charge on any atom is 0.0900 e. The zero-order valence-corrected chi connectivity index (χ0v) is 39.6. The van der Waals surface area contributed by atoms with Crippen LogP contribution in [0.5, 0.6) is 0 Å². The van der Waals surface area contributed by atoms with Crippen molar-refractivity contribution in [2.45, 2.75) is 38.5 Å². The van der Waals surface area contributed by atoms with E-state index in [-0.39, 0.29) is 10.8 Å². The van der Waals surface area contributed by atoms with Crippen LogP contribution in [0.2, 0.25) is 0 Å². The van der Waals surface area contributed by atoms with E-state index in [0.29, 0.717) is 0 Å². The molecular weight excluding hydrogens is 849 g/mol. The summed E-state index contributed by atoms with van der Waals surface area (Å²) in [6.45, 7) is 9.63. The number of fused-ring (bicyclic) bond motifs is 9. The van der Waals surface area contributed by atoms with Crippen LogP contribution in [0.15, 0.2) is 219 Å². The number of rotatable bonds is 7. The third-order valence-corrected chi connectivity index (χ3v) is 15.0. The van der Waals surface area contributed by atoms with Gasteiger partial charge in [-0.2, -0.15) is 0 Å². The van der Waals surface area contributed by atoms with Crippen LogP contribution < -0.4 is 0 Å². The van der Waals surface area contributed by atoms with Crippen molar-refractivity contribution < 1.29 is 0 Å². The molecule has 0 unspecified atom stereocenters. The number of hydrogen-bond donors (Lipinski definition) is 0. The molecular formula is C66H48N4. The van der Waals surface area contributed by atoms with Crippen LogP contribution in [0.25, 0.3) is 112 Å². The summed E-state index contributed by atoms with van der Waals surface area (Å²) in [7, 11) is 0. The number of hydrogen-bond acceptors (Lipinski definition) is 4. The Kier molecular flexibility index (Phi) is 9.50. The average molecular weight is 897 g/mol. The summed E-state index contributed by atoms with van der Waals surface area (Å²) in [5.41, 5.74) is 25.2. The van der Waals surface area contributed by atoms with Crippen molar-refractivity contribution in [1.29, 1.82) is 0 Å². The fourth-order valence-corrected chi connectivity index (χ4v) is 11.5. The molecule has 0 atom stereocenters. The minimum Gasteiger partial charge on any atom is -0.256 e. The van der Waals surface area contributed by atoms with Gasteiger partial charge in [-0.3, -0.25) is 15.0 Å². The van der Waals surface area contributed by atoms with Gasteiger partial charge in [0.25, 0.3) is 0 Å². The third-order valence-electron chi connectivity index (χ3n) is 15.0. The SMILES string of the molecule is CC1(C)c2cc(-c3ccc(-c4cc(-c5ccccn5)nc(-c5ccccn5)c4)cc3)ccc2-c2ccc3c4c(ccc3c21)-c1ccc(-c2ccnc(-c3ccc(-c5ccccc5)cc3)c2)cc1C4(C)C. The predicted molar refractivity (Wildman–Crippen MR) is 288 cm³/mol. The van der Waals surface area contributed by atoms with Gasteiger partial charge in [0.2, 0.25) is 0 Å². The van der Waals surface area contributed by atoms with Crippen molar-refractivity contribution in [3.8, 4) is 101 Å². The van der Waals surface area contributed by atoms with Crippen LogP contribution >= 0.6 is 0 Å². The van der Waals surface area contributed by atoms with Crippen molar-refractivity contribution in [3.63, 3.8) is 0 Å². The molecule has 4 nitrogen and oxygen atoms in total. The summed E-state index contributed by atoms with van der Waals surface area (Å²) in [4.78, 5) is 19.0. The molecule has 0 fully saturated rings. The number of pyridine rings is 4. The Morgan fingerprint density at radius 2 is 0.671 bits per heavy atom. The standard InChI is InChI=1S/C66H48N4/c1-65(2)56-36-46(43-16-18-44(19-17-43)49-39-61(58-14-8-10-33-67-58)70-62(40-49)59-15-9-11-34-68-59)24-26-50(56)52-28-30-55-54(63(52)65)31-29-53-51-27-25-47(37-57(51)66(3,4)64(53)55)48-32-35-69-60(38-48)45-22-20-42(21-23-45)41-12-6-5-7-13-41/h5-40H,1-4H3. The average Bonchev–Trinajstić information content (AvgIpc) is 3.80. The van der Waals surface area contributed by atoms with E-state index in [4.69, 9.17) is 9.97 Å². The second-order valence-electron chi connectivity index (χ2n) is 19.8. The number of aromatic nitrogens is 4. The summed E-state index contributed by atoms with van der Waals surface area (Å²) < 4.78 is 0. The highest BCUT2D eigenvalue weighted by Gasteiger charge is 2.41. The van der Waals surface area contributed by atoms with Crippen LogP contribution in [-0.4, -0.2) is 19.9 Å². The molecule has 0 amide bonds. The van der Waals surface area contributed by atoms with Gasteiger partial charge in [0.05, 0.1) is 28.5 Å². The highest BCUT2D eigenvalue weighted by atomic mass is 14.8. The van der Waals surface area contributed by atoms with Gasteiger partial charge in [-0.1, -0.05) is 167 Å². The van der Waals surface area contributed by atoms with Crippen LogP contribution in [-0.2, 0) is 10.8 Å².